The average molecular weight is 797 g/mol. The third-order valence-corrected chi connectivity index (χ3v) is 13.7. The second kappa shape index (κ2) is 19.2. The molecule has 0 unspecified atom stereocenters. The van der Waals surface area contributed by atoms with Gasteiger partial charge in [0.1, 0.15) is 0 Å². The summed E-state index contributed by atoms with van der Waals surface area (Å²) < 4.78 is 34.5. The van der Waals surface area contributed by atoms with E-state index < -0.39 is 0 Å². The number of allylic oxidation sites excluding steroid dienone is 1. The first kappa shape index (κ1) is 37.7. The van der Waals surface area contributed by atoms with E-state index in [2.05, 4.69) is 113 Å². The third kappa shape index (κ3) is 10.3. The molecule has 0 aliphatic heterocycles. The molecular formula is C46H48F2Se2. The van der Waals surface area contributed by atoms with Crippen LogP contribution in [0.3, 0.4) is 0 Å². The van der Waals surface area contributed by atoms with E-state index in [1.807, 2.05) is 24.3 Å². The normalized spacial score (nSPS) is 11.2. The van der Waals surface area contributed by atoms with Gasteiger partial charge in [0, 0.05) is 0 Å². The Morgan fingerprint density at radius 1 is 0.520 bits per heavy atom. The molecule has 0 saturated carbocycles. The number of aryl methyl sites for hydroxylation is 3. The molecule has 50 heavy (non-hydrogen) atoms. The molecule has 2 aromatic heterocycles. The molecule has 0 bridgehead atoms. The minimum atomic E-state index is -0.127. The van der Waals surface area contributed by atoms with Crippen LogP contribution in [-0.4, -0.2) is 29.0 Å². The number of rotatable bonds is 13. The molecule has 4 heteroatoms. The number of benzene rings is 4. The van der Waals surface area contributed by atoms with Gasteiger partial charge in [-0.1, -0.05) is 0 Å². The van der Waals surface area contributed by atoms with Gasteiger partial charge in [0.15, 0.2) is 0 Å². The number of unbranched alkanes of at least 4 members (excludes halogenated alkanes) is 3. The van der Waals surface area contributed by atoms with Crippen molar-refractivity contribution in [3.8, 4) is 42.3 Å². The zero-order chi connectivity index (χ0) is 35.3. The predicted molar refractivity (Wildman–Crippen MR) is 214 cm³/mol. The summed E-state index contributed by atoms with van der Waals surface area (Å²) in [5, 5.41) is 0. The Kier molecular flexibility index (Phi) is 14.5. The fraction of sp³-hybridized carbons (Fsp3) is 0.261. The van der Waals surface area contributed by atoms with Gasteiger partial charge in [0.05, 0.1) is 0 Å². The summed E-state index contributed by atoms with van der Waals surface area (Å²) in [4.78, 5) is 0. The maximum atomic E-state index is 14.7. The summed E-state index contributed by atoms with van der Waals surface area (Å²) >= 11 is 0.467. The Labute approximate surface area is 310 Å². The first-order valence-corrected chi connectivity index (χ1v) is 21.5. The molecule has 0 amide bonds. The minimum absolute atomic E-state index is 0.103. The van der Waals surface area contributed by atoms with Crippen LogP contribution in [0.15, 0.2) is 115 Å². The van der Waals surface area contributed by atoms with Crippen molar-refractivity contribution in [1.82, 2.24) is 0 Å². The topological polar surface area (TPSA) is 0 Å². The van der Waals surface area contributed by atoms with Crippen LogP contribution in [-0.2, 0) is 19.3 Å². The first-order chi connectivity index (χ1) is 24.4. The Morgan fingerprint density at radius 2 is 1.04 bits per heavy atom. The van der Waals surface area contributed by atoms with Crippen LogP contribution >= 0.6 is 0 Å². The van der Waals surface area contributed by atoms with E-state index in [-0.39, 0.29) is 40.6 Å². The Bertz CT molecular complexity index is 1960. The van der Waals surface area contributed by atoms with E-state index in [0.717, 1.165) is 69.9 Å². The molecule has 6 rings (SSSR count). The summed E-state index contributed by atoms with van der Waals surface area (Å²) in [7, 11) is 0. The molecule has 0 N–H and O–H groups in total. The first-order valence-electron chi connectivity index (χ1n) is 18.1. The van der Waals surface area contributed by atoms with Crippen LogP contribution in [0.1, 0.15) is 79.8 Å². The Balaban J connectivity index is 0.000000194. The molecule has 0 aliphatic carbocycles. The van der Waals surface area contributed by atoms with Crippen LogP contribution < -0.4 is 0 Å². The second-order valence-electron chi connectivity index (χ2n) is 12.6. The quantitative estimate of drug-likeness (QED) is 0.0807. The van der Waals surface area contributed by atoms with Gasteiger partial charge in [0.2, 0.25) is 0 Å². The van der Waals surface area contributed by atoms with E-state index in [0.29, 0.717) is 0 Å². The maximum absolute atomic E-state index is 14.7. The van der Waals surface area contributed by atoms with Crippen molar-refractivity contribution in [3.05, 3.63) is 147 Å². The summed E-state index contributed by atoms with van der Waals surface area (Å²) in [6.45, 7) is 8.69. The van der Waals surface area contributed by atoms with Crippen LogP contribution in [0.5, 0.6) is 0 Å². The summed E-state index contributed by atoms with van der Waals surface area (Å²) in [5.41, 5.74) is 8.15. The van der Waals surface area contributed by atoms with Gasteiger partial charge < -0.3 is 0 Å². The van der Waals surface area contributed by atoms with Crippen molar-refractivity contribution >= 4 is 35.1 Å². The van der Waals surface area contributed by atoms with Crippen LogP contribution in [0.25, 0.3) is 48.3 Å². The number of hydrogen-bond donors (Lipinski definition) is 0. The van der Waals surface area contributed by atoms with Crippen molar-refractivity contribution in [2.45, 2.75) is 79.1 Å². The van der Waals surface area contributed by atoms with Crippen LogP contribution in [0.4, 0.5) is 8.78 Å². The molecule has 0 atom stereocenters. The summed E-state index contributed by atoms with van der Waals surface area (Å²) in [6.07, 6.45) is 13.6. The SMILES string of the molecule is CCCC=Cc1ccc(-c2ccc(-c3ccc(CC)cc3)cc2F)[se]1.CCCCCc1ccc(-c2ccc(-c3ccc(CC)cc3)cc2F)[se]1. The van der Waals surface area contributed by atoms with E-state index in [9.17, 15) is 8.78 Å². The van der Waals surface area contributed by atoms with E-state index in [1.54, 1.807) is 12.1 Å². The van der Waals surface area contributed by atoms with E-state index >= 15 is 0 Å². The van der Waals surface area contributed by atoms with E-state index in [4.69, 9.17) is 0 Å². The molecule has 258 valence electrons. The molecule has 0 saturated heterocycles. The Morgan fingerprint density at radius 3 is 1.54 bits per heavy atom. The Hall–Kier alpha value is -3.52. The van der Waals surface area contributed by atoms with Crippen LogP contribution in [0.2, 0.25) is 0 Å². The standard InChI is InChI=1S/C23H25FSe.C23H23FSe/c2*1-3-5-6-7-20-13-15-23(25-20)21-14-12-19(16-22(21)24)18-10-8-17(4-2)9-11-18/h8-16H,3-7H2,1-2H3;6-16H,3-5H2,1-2H3. The van der Waals surface area contributed by atoms with Gasteiger partial charge in [-0.3, -0.25) is 0 Å². The van der Waals surface area contributed by atoms with Crippen LogP contribution in [0, 0.1) is 11.6 Å². The fourth-order valence-corrected chi connectivity index (χ4v) is 10.1. The summed E-state index contributed by atoms with van der Waals surface area (Å²) in [6, 6.07) is 36.6. The van der Waals surface area contributed by atoms with Crippen molar-refractivity contribution in [1.29, 1.82) is 0 Å². The molecule has 4 aromatic carbocycles. The van der Waals surface area contributed by atoms with E-state index in [1.165, 1.54) is 43.7 Å². The average Bonchev–Trinajstić information content (AvgIpc) is 3.82. The van der Waals surface area contributed by atoms with Gasteiger partial charge in [-0.2, -0.15) is 0 Å². The predicted octanol–water partition coefficient (Wildman–Crippen LogP) is 13.1. The van der Waals surface area contributed by atoms with Gasteiger partial charge in [0.25, 0.3) is 0 Å². The molecule has 0 aliphatic rings. The molecule has 0 fully saturated rings. The monoisotopic (exact) mass is 798 g/mol. The second-order valence-corrected chi connectivity index (χ2v) is 17.4. The zero-order valence-electron chi connectivity index (χ0n) is 29.8. The van der Waals surface area contributed by atoms with Crippen molar-refractivity contribution < 1.29 is 8.78 Å². The third-order valence-electron chi connectivity index (χ3n) is 8.91. The molecule has 0 spiro atoms. The van der Waals surface area contributed by atoms with Crippen molar-refractivity contribution in [2.24, 2.45) is 0 Å². The van der Waals surface area contributed by atoms with Gasteiger partial charge in [-0.15, -0.1) is 0 Å². The number of hydrogen-bond acceptors (Lipinski definition) is 0. The fourth-order valence-electron chi connectivity index (χ4n) is 5.81. The molecule has 0 radical (unpaired) electrons. The molecule has 2 heterocycles. The van der Waals surface area contributed by atoms with Crippen molar-refractivity contribution in [2.75, 3.05) is 0 Å². The van der Waals surface area contributed by atoms with Gasteiger partial charge in [-0.05, 0) is 0 Å². The zero-order valence-corrected chi connectivity index (χ0v) is 33.2. The van der Waals surface area contributed by atoms with Crippen molar-refractivity contribution in [3.63, 3.8) is 0 Å². The molecular weight excluding hydrogens is 748 g/mol. The molecule has 6 aromatic rings. The van der Waals surface area contributed by atoms with Gasteiger partial charge >= 0.3 is 312 Å². The number of halogens is 2. The molecule has 0 nitrogen and oxygen atoms in total. The van der Waals surface area contributed by atoms with Gasteiger partial charge in [-0.25, -0.2) is 0 Å². The summed E-state index contributed by atoms with van der Waals surface area (Å²) in [5.74, 6) is -0.231.